The van der Waals surface area contributed by atoms with E-state index in [9.17, 15) is 4.79 Å². The molecule has 0 radical (unpaired) electrons. The van der Waals surface area contributed by atoms with Crippen LogP contribution in [-0.2, 0) is 22.7 Å². The molecule has 0 spiro atoms. The van der Waals surface area contributed by atoms with E-state index >= 15 is 0 Å². The number of hydrogen-bond acceptors (Lipinski definition) is 4. The largest absolute Gasteiger partial charge is 0.379 e. The quantitative estimate of drug-likeness (QED) is 0.883. The summed E-state index contributed by atoms with van der Waals surface area (Å²) in [6, 6.07) is 5.79. The van der Waals surface area contributed by atoms with Gasteiger partial charge in [0.2, 0.25) is 0 Å². The summed E-state index contributed by atoms with van der Waals surface area (Å²) in [5, 5.41) is 2.98. The van der Waals surface area contributed by atoms with Crippen molar-refractivity contribution in [2.75, 3.05) is 39.4 Å². The lowest BCUT2D eigenvalue weighted by atomic mass is 10.1. The molecule has 2 aliphatic rings. The number of carbonyl (C=O) groups is 1. The maximum absolute atomic E-state index is 12.1. The molecule has 1 fully saturated rings. The zero-order chi connectivity index (χ0) is 13.8. The van der Waals surface area contributed by atoms with Crippen LogP contribution in [0.5, 0.6) is 0 Å². The summed E-state index contributed by atoms with van der Waals surface area (Å²) < 4.78 is 10.7. The van der Waals surface area contributed by atoms with E-state index in [4.69, 9.17) is 9.47 Å². The molecule has 0 aliphatic carbocycles. The molecule has 1 saturated heterocycles. The Labute approximate surface area is 118 Å². The number of morpholine rings is 1. The number of rotatable bonds is 4. The fraction of sp³-hybridized carbons (Fsp3) is 0.533. The topological polar surface area (TPSA) is 50.8 Å². The van der Waals surface area contributed by atoms with Gasteiger partial charge in [-0.3, -0.25) is 9.69 Å². The van der Waals surface area contributed by atoms with Crippen molar-refractivity contribution in [2.45, 2.75) is 13.2 Å². The number of benzene rings is 1. The Morgan fingerprint density at radius 1 is 1.15 bits per heavy atom. The first-order valence-corrected chi connectivity index (χ1v) is 7.11. The number of fused-ring (bicyclic) bond motifs is 1. The first-order valence-electron chi connectivity index (χ1n) is 7.11. The molecule has 1 aromatic carbocycles. The normalized spacial score (nSPS) is 18.8. The van der Waals surface area contributed by atoms with Gasteiger partial charge in [-0.05, 0) is 23.3 Å². The van der Waals surface area contributed by atoms with Crippen molar-refractivity contribution >= 4 is 5.91 Å². The van der Waals surface area contributed by atoms with Crippen molar-refractivity contribution in [3.8, 4) is 0 Å². The lowest BCUT2D eigenvalue weighted by Crippen LogP contribution is -2.41. The van der Waals surface area contributed by atoms with Gasteiger partial charge in [0, 0.05) is 31.7 Å². The van der Waals surface area contributed by atoms with Crippen LogP contribution >= 0.6 is 0 Å². The summed E-state index contributed by atoms with van der Waals surface area (Å²) in [6.45, 7) is 6.31. The van der Waals surface area contributed by atoms with E-state index in [-0.39, 0.29) is 5.91 Å². The maximum Gasteiger partial charge on any atom is 0.251 e. The SMILES string of the molecule is O=C(NCCN1CCOCC1)c1ccc2c(c1)COC2. The smallest absolute Gasteiger partial charge is 0.251 e. The number of amides is 1. The fourth-order valence-electron chi connectivity index (χ4n) is 2.57. The minimum atomic E-state index is -0.00652. The first-order chi connectivity index (χ1) is 9.83. The van der Waals surface area contributed by atoms with Crippen LogP contribution in [0.3, 0.4) is 0 Å². The zero-order valence-electron chi connectivity index (χ0n) is 11.6. The number of nitrogens with zero attached hydrogens (tertiary/aromatic N) is 1. The van der Waals surface area contributed by atoms with E-state index in [0.29, 0.717) is 19.8 Å². The summed E-state index contributed by atoms with van der Waals surface area (Å²) in [6.07, 6.45) is 0. The summed E-state index contributed by atoms with van der Waals surface area (Å²) in [5.74, 6) is -0.00652. The summed E-state index contributed by atoms with van der Waals surface area (Å²) in [5.41, 5.74) is 3.04. The molecular weight excluding hydrogens is 256 g/mol. The standard InChI is InChI=1S/C15H20N2O3/c18-15(16-3-4-17-5-7-19-8-6-17)12-1-2-13-10-20-11-14(13)9-12/h1-2,9H,3-8,10-11H2,(H,16,18). The fourth-order valence-corrected chi connectivity index (χ4v) is 2.57. The molecule has 2 aliphatic heterocycles. The highest BCUT2D eigenvalue weighted by Crippen LogP contribution is 2.20. The third-order valence-electron chi connectivity index (χ3n) is 3.80. The van der Waals surface area contributed by atoms with Gasteiger partial charge in [-0.15, -0.1) is 0 Å². The minimum absolute atomic E-state index is 0.00652. The predicted molar refractivity (Wildman–Crippen MR) is 74.5 cm³/mol. The molecule has 5 nitrogen and oxygen atoms in total. The summed E-state index contributed by atoms with van der Waals surface area (Å²) >= 11 is 0. The van der Waals surface area contributed by atoms with Crippen molar-refractivity contribution in [3.63, 3.8) is 0 Å². The van der Waals surface area contributed by atoms with Gasteiger partial charge in [-0.25, -0.2) is 0 Å². The molecule has 0 unspecified atom stereocenters. The average Bonchev–Trinajstić information content (AvgIpc) is 2.95. The summed E-state index contributed by atoms with van der Waals surface area (Å²) in [4.78, 5) is 14.4. The van der Waals surface area contributed by atoms with Crippen molar-refractivity contribution in [1.29, 1.82) is 0 Å². The van der Waals surface area contributed by atoms with Gasteiger partial charge >= 0.3 is 0 Å². The van der Waals surface area contributed by atoms with Crippen LogP contribution < -0.4 is 5.32 Å². The Hall–Kier alpha value is -1.43. The highest BCUT2D eigenvalue weighted by Gasteiger charge is 2.15. The number of carbonyl (C=O) groups excluding carboxylic acids is 1. The number of nitrogens with one attached hydrogen (secondary N) is 1. The van der Waals surface area contributed by atoms with Gasteiger partial charge in [0.05, 0.1) is 26.4 Å². The third-order valence-corrected chi connectivity index (χ3v) is 3.80. The van der Waals surface area contributed by atoms with E-state index in [2.05, 4.69) is 10.2 Å². The Bertz CT molecular complexity index is 484. The van der Waals surface area contributed by atoms with E-state index in [0.717, 1.165) is 44.0 Å². The molecule has 1 aromatic rings. The Morgan fingerprint density at radius 2 is 1.95 bits per heavy atom. The van der Waals surface area contributed by atoms with Gasteiger partial charge in [-0.2, -0.15) is 0 Å². The van der Waals surface area contributed by atoms with Crippen molar-refractivity contribution in [1.82, 2.24) is 10.2 Å². The van der Waals surface area contributed by atoms with E-state index < -0.39 is 0 Å². The van der Waals surface area contributed by atoms with Gasteiger partial charge in [-0.1, -0.05) is 6.07 Å². The monoisotopic (exact) mass is 276 g/mol. The molecule has 5 heteroatoms. The molecular formula is C15H20N2O3. The van der Waals surface area contributed by atoms with Crippen LogP contribution in [-0.4, -0.2) is 50.2 Å². The minimum Gasteiger partial charge on any atom is -0.379 e. The van der Waals surface area contributed by atoms with Gasteiger partial charge in [0.1, 0.15) is 0 Å². The van der Waals surface area contributed by atoms with E-state index in [1.54, 1.807) is 0 Å². The van der Waals surface area contributed by atoms with E-state index in [1.165, 1.54) is 5.56 Å². The molecule has 0 atom stereocenters. The second-order valence-electron chi connectivity index (χ2n) is 5.19. The highest BCUT2D eigenvalue weighted by molar-refractivity contribution is 5.94. The molecule has 2 heterocycles. The molecule has 1 amide bonds. The van der Waals surface area contributed by atoms with Crippen LogP contribution in [0.25, 0.3) is 0 Å². The lowest BCUT2D eigenvalue weighted by Gasteiger charge is -2.26. The lowest BCUT2D eigenvalue weighted by molar-refractivity contribution is 0.0383. The molecule has 1 N–H and O–H groups in total. The number of ether oxygens (including phenoxy) is 2. The Morgan fingerprint density at radius 3 is 2.80 bits per heavy atom. The predicted octanol–water partition coefficient (Wildman–Crippen LogP) is 0.779. The van der Waals surface area contributed by atoms with E-state index in [1.807, 2.05) is 18.2 Å². The van der Waals surface area contributed by atoms with Crippen molar-refractivity contribution in [2.24, 2.45) is 0 Å². The van der Waals surface area contributed by atoms with Crippen molar-refractivity contribution < 1.29 is 14.3 Å². The van der Waals surface area contributed by atoms with Crippen LogP contribution in [0.4, 0.5) is 0 Å². The molecule has 20 heavy (non-hydrogen) atoms. The van der Waals surface area contributed by atoms with Crippen LogP contribution in [0, 0.1) is 0 Å². The van der Waals surface area contributed by atoms with Gasteiger partial charge in [0.15, 0.2) is 0 Å². The second kappa shape index (κ2) is 6.35. The third kappa shape index (κ3) is 3.17. The van der Waals surface area contributed by atoms with Crippen LogP contribution in [0.15, 0.2) is 18.2 Å². The van der Waals surface area contributed by atoms with Gasteiger partial charge < -0.3 is 14.8 Å². The number of hydrogen-bond donors (Lipinski definition) is 1. The molecule has 0 saturated carbocycles. The van der Waals surface area contributed by atoms with Crippen LogP contribution in [0.1, 0.15) is 21.5 Å². The Kier molecular flexibility index (Phi) is 4.30. The zero-order valence-corrected chi connectivity index (χ0v) is 11.6. The Balaban J connectivity index is 1.49. The molecule has 108 valence electrons. The molecule has 3 rings (SSSR count). The highest BCUT2D eigenvalue weighted by atomic mass is 16.5. The second-order valence-corrected chi connectivity index (χ2v) is 5.19. The molecule has 0 bridgehead atoms. The summed E-state index contributed by atoms with van der Waals surface area (Å²) in [7, 11) is 0. The first kappa shape index (κ1) is 13.5. The maximum atomic E-state index is 12.1. The van der Waals surface area contributed by atoms with Crippen molar-refractivity contribution in [3.05, 3.63) is 34.9 Å². The van der Waals surface area contributed by atoms with Crippen LogP contribution in [0.2, 0.25) is 0 Å². The molecule has 0 aromatic heterocycles. The van der Waals surface area contributed by atoms with Gasteiger partial charge in [0.25, 0.3) is 5.91 Å². The average molecular weight is 276 g/mol.